The highest BCUT2D eigenvalue weighted by Gasteiger charge is 2.20. The molecule has 1 aromatic rings. The molecule has 1 aliphatic rings. The van der Waals surface area contributed by atoms with Gasteiger partial charge in [-0.15, -0.1) is 0 Å². The zero-order chi connectivity index (χ0) is 13.5. The average molecular weight is 261 g/mol. The maximum absolute atomic E-state index is 5.71. The molecule has 0 heterocycles. The lowest BCUT2D eigenvalue weighted by Crippen LogP contribution is -2.24. The minimum atomic E-state index is 0.569. The van der Waals surface area contributed by atoms with E-state index in [2.05, 4.69) is 43.4 Å². The largest absolute Gasteiger partial charge is 0.377 e. The van der Waals surface area contributed by atoms with Gasteiger partial charge in [0.15, 0.2) is 0 Å². The zero-order valence-electron chi connectivity index (χ0n) is 12.3. The summed E-state index contributed by atoms with van der Waals surface area (Å²) in [5.41, 5.74) is 2.69. The minimum Gasteiger partial charge on any atom is -0.377 e. The first kappa shape index (κ1) is 14.5. The van der Waals surface area contributed by atoms with Crippen molar-refractivity contribution in [2.75, 3.05) is 13.2 Å². The van der Waals surface area contributed by atoms with Gasteiger partial charge < -0.3 is 10.1 Å². The van der Waals surface area contributed by atoms with E-state index in [0.29, 0.717) is 6.04 Å². The van der Waals surface area contributed by atoms with Gasteiger partial charge in [0.1, 0.15) is 0 Å². The van der Waals surface area contributed by atoms with E-state index in [1.807, 2.05) is 0 Å². The summed E-state index contributed by atoms with van der Waals surface area (Å²) in [5, 5.41) is 3.44. The molecule has 0 atom stereocenters. The molecule has 1 aromatic carbocycles. The Morgan fingerprint density at radius 2 is 1.84 bits per heavy atom. The van der Waals surface area contributed by atoms with Gasteiger partial charge in [0.2, 0.25) is 0 Å². The molecule has 0 saturated heterocycles. The van der Waals surface area contributed by atoms with Crippen LogP contribution >= 0.6 is 0 Å². The SMILES string of the molecule is CC(C)NCCc1ccc(COCCC2CC2)cc1. The van der Waals surface area contributed by atoms with Gasteiger partial charge in [0.25, 0.3) is 0 Å². The normalized spacial score (nSPS) is 15.1. The third-order valence-corrected chi connectivity index (χ3v) is 3.63. The Balaban J connectivity index is 1.62. The van der Waals surface area contributed by atoms with Gasteiger partial charge in [-0.2, -0.15) is 0 Å². The van der Waals surface area contributed by atoms with Crippen molar-refractivity contribution in [2.45, 2.75) is 52.2 Å². The van der Waals surface area contributed by atoms with Crippen LogP contribution in [-0.2, 0) is 17.8 Å². The van der Waals surface area contributed by atoms with Crippen LogP contribution < -0.4 is 5.32 Å². The molecule has 0 aromatic heterocycles. The van der Waals surface area contributed by atoms with Crippen molar-refractivity contribution >= 4 is 0 Å². The van der Waals surface area contributed by atoms with Crippen LogP contribution in [0.15, 0.2) is 24.3 Å². The average Bonchev–Trinajstić information content (AvgIpc) is 3.20. The molecule has 2 nitrogen and oxygen atoms in total. The van der Waals surface area contributed by atoms with Gasteiger partial charge in [0.05, 0.1) is 6.61 Å². The second-order valence-corrected chi connectivity index (χ2v) is 5.96. The van der Waals surface area contributed by atoms with Gasteiger partial charge in [-0.3, -0.25) is 0 Å². The number of nitrogens with one attached hydrogen (secondary N) is 1. The Morgan fingerprint density at radius 3 is 2.47 bits per heavy atom. The third kappa shape index (κ3) is 6.22. The molecule has 1 N–H and O–H groups in total. The smallest absolute Gasteiger partial charge is 0.0716 e. The third-order valence-electron chi connectivity index (χ3n) is 3.63. The number of hydrogen-bond donors (Lipinski definition) is 1. The number of ether oxygens (including phenoxy) is 1. The molecule has 1 fully saturated rings. The first-order valence-corrected chi connectivity index (χ1v) is 7.63. The van der Waals surface area contributed by atoms with Crippen molar-refractivity contribution < 1.29 is 4.74 Å². The van der Waals surface area contributed by atoms with Crippen LogP contribution in [0.3, 0.4) is 0 Å². The Kier molecular flexibility index (Phi) is 5.87. The minimum absolute atomic E-state index is 0.569. The van der Waals surface area contributed by atoms with Gasteiger partial charge >= 0.3 is 0 Å². The molecule has 0 spiro atoms. The number of hydrogen-bond acceptors (Lipinski definition) is 2. The van der Waals surface area contributed by atoms with Crippen molar-refractivity contribution in [2.24, 2.45) is 5.92 Å². The maximum Gasteiger partial charge on any atom is 0.0716 e. The van der Waals surface area contributed by atoms with Gasteiger partial charge in [-0.25, -0.2) is 0 Å². The van der Waals surface area contributed by atoms with E-state index >= 15 is 0 Å². The molecule has 1 saturated carbocycles. The molecular formula is C17H27NO. The molecule has 2 heteroatoms. The first-order valence-electron chi connectivity index (χ1n) is 7.63. The molecule has 0 aliphatic heterocycles. The van der Waals surface area contributed by atoms with Crippen LogP contribution in [0.25, 0.3) is 0 Å². The molecule has 19 heavy (non-hydrogen) atoms. The highest BCUT2D eigenvalue weighted by atomic mass is 16.5. The van der Waals surface area contributed by atoms with Crippen molar-refractivity contribution in [3.8, 4) is 0 Å². The fraction of sp³-hybridized carbons (Fsp3) is 0.647. The van der Waals surface area contributed by atoms with E-state index in [9.17, 15) is 0 Å². The number of benzene rings is 1. The summed E-state index contributed by atoms with van der Waals surface area (Å²) < 4.78 is 5.71. The highest BCUT2D eigenvalue weighted by molar-refractivity contribution is 5.22. The van der Waals surface area contributed by atoms with Crippen molar-refractivity contribution in [3.63, 3.8) is 0 Å². The number of rotatable bonds is 9. The van der Waals surface area contributed by atoms with E-state index in [4.69, 9.17) is 4.74 Å². The van der Waals surface area contributed by atoms with E-state index in [1.165, 1.54) is 30.4 Å². The maximum atomic E-state index is 5.71. The second kappa shape index (κ2) is 7.66. The van der Waals surface area contributed by atoms with Crippen LogP contribution in [0, 0.1) is 5.92 Å². The Morgan fingerprint density at radius 1 is 1.16 bits per heavy atom. The zero-order valence-corrected chi connectivity index (χ0v) is 12.3. The highest BCUT2D eigenvalue weighted by Crippen LogP contribution is 2.32. The first-order chi connectivity index (χ1) is 9.24. The topological polar surface area (TPSA) is 21.3 Å². The molecule has 0 radical (unpaired) electrons. The lowest BCUT2D eigenvalue weighted by atomic mass is 10.1. The van der Waals surface area contributed by atoms with Crippen molar-refractivity contribution in [1.29, 1.82) is 0 Å². The van der Waals surface area contributed by atoms with Crippen LogP contribution in [0.5, 0.6) is 0 Å². The van der Waals surface area contributed by atoms with Crippen LogP contribution in [0.4, 0.5) is 0 Å². The van der Waals surface area contributed by atoms with E-state index < -0.39 is 0 Å². The molecule has 0 unspecified atom stereocenters. The van der Waals surface area contributed by atoms with Gasteiger partial charge in [-0.05, 0) is 36.4 Å². The summed E-state index contributed by atoms with van der Waals surface area (Å²) in [6.07, 6.45) is 5.19. The molecule has 0 bridgehead atoms. The fourth-order valence-corrected chi connectivity index (χ4v) is 2.15. The lowest BCUT2D eigenvalue weighted by molar-refractivity contribution is 0.115. The summed E-state index contributed by atoms with van der Waals surface area (Å²) in [7, 11) is 0. The molecular weight excluding hydrogens is 234 g/mol. The summed E-state index contributed by atoms with van der Waals surface area (Å²) in [6, 6.07) is 9.41. The predicted molar refractivity (Wildman–Crippen MR) is 80.3 cm³/mol. The Bertz CT molecular complexity index is 354. The molecule has 106 valence electrons. The summed E-state index contributed by atoms with van der Waals surface area (Å²) >= 11 is 0. The lowest BCUT2D eigenvalue weighted by Gasteiger charge is -2.08. The van der Waals surface area contributed by atoms with Crippen molar-refractivity contribution in [1.82, 2.24) is 5.32 Å². The van der Waals surface area contributed by atoms with Crippen LogP contribution in [0.2, 0.25) is 0 Å². The van der Waals surface area contributed by atoms with Crippen LogP contribution in [0.1, 0.15) is 44.2 Å². The molecule has 1 aliphatic carbocycles. The Hall–Kier alpha value is -0.860. The monoisotopic (exact) mass is 261 g/mol. The fourth-order valence-electron chi connectivity index (χ4n) is 2.15. The van der Waals surface area contributed by atoms with Gasteiger partial charge in [0, 0.05) is 12.6 Å². The Labute approximate surface area is 117 Å². The summed E-state index contributed by atoms with van der Waals surface area (Å²) in [5.74, 6) is 0.968. The standard InChI is InChI=1S/C17H27NO/c1-14(2)18-11-9-15-5-7-17(8-6-15)13-19-12-10-16-3-4-16/h5-8,14,16,18H,3-4,9-13H2,1-2H3. The second-order valence-electron chi connectivity index (χ2n) is 5.96. The summed E-state index contributed by atoms with van der Waals surface area (Å²) in [6.45, 7) is 7.10. The van der Waals surface area contributed by atoms with Gasteiger partial charge in [-0.1, -0.05) is 51.0 Å². The molecule has 2 rings (SSSR count). The van der Waals surface area contributed by atoms with E-state index in [-0.39, 0.29) is 0 Å². The van der Waals surface area contributed by atoms with Crippen molar-refractivity contribution in [3.05, 3.63) is 35.4 Å². The molecule has 0 amide bonds. The van der Waals surface area contributed by atoms with E-state index in [1.54, 1.807) is 0 Å². The quantitative estimate of drug-likeness (QED) is 0.686. The predicted octanol–water partition coefficient (Wildman–Crippen LogP) is 3.54. The van der Waals surface area contributed by atoms with E-state index in [0.717, 1.165) is 32.1 Å². The van der Waals surface area contributed by atoms with Crippen LogP contribution in [-0.4, -0.2) is 19.2 Å². The summed E-state index contributed by atoms with van der Waals surface area (Å²) in [4.78, 5) is 0.